The minimum Gasteiger partial charge on any atom is -0.493 e. The van der Waals surface area contributed by atoms with Crippen LogP contribution in [0.15, 0.2) is 54.6 Å². The van der Waals surface area contributed by atoms with Crippen LogP contribution in [0, 0.1) is 0 Å². The topological polar surface area (TPSA) is 258 Å². The second-order valence-corrected chi connectivity index (χ2v) is 11.8. The predicted molar refractivity (Wildman–Crippen MR) is 210 cm³/mol. The lowest BCUT2D eigenvalue weighted by atomic mass is 10.0. The zero-order valence-electron chi connectivity index (χ0n) is 33.8. The summed E-state index contributed by atoms with van der Waals surface area (Å²) in [5.41, 5.74) is 12.4. The molecule has 0 unspecified atom stereocenters. The Balaban J connectivity index is 1.61. The van der Waals surface area contributed by atoms with Gasteiger partial charge in [0.2, 0.25) is 17.2 Å². The highest BCUT2D eigenvalue weighted by molar-refractivity contribution is 6.07. The van der Waals surface area contributed by atoms with Crippen molar-refractivity contribution in [2.24, 2.45) is 0 Å². The molecule has 0 atom stereocenters. The van der Waals surface area contributed by atoms with Gasteiger partial charge >= 0.3 is 0 Å². The van der Waals surface area contributed by atoms with Gasteiger partial charge in [0.05, 0.1) is 64.0 Å². The van der Waals surface area contributed by atoms with Crippen LogP contribution in [0.3, 0.4) is 0 Å². The van der Waals surface area contributed by atoms with Gasteiger partial charge in [-0.2, -0.15) is 0 Å². The number of rotatable bonds is 15. The molecular formula is C39H42N6O15. The zero-order valence-corrected chi connectivity index (χ0v) is 33.8. The fraction of sp³-hybridized carbons (Fsp3) is 0.231. The number of hydrogen-bond acceptors (Lipinski definition) is 15. The number of hydrogen-bond donors (Lipinski definition) is 6. The van der Waals surface area contributed by atoms with Crippen molar-refractivity contribution in [3.63, 3.8) is 0 Å². The first kappa shape index (κ1) is 44.6. The molecule has 0 aliphatic heterocycles. The molecule has 0 aliphatic rings. The maximum absolute atomic E-state index is 13.5. The molecule has 0 fully saturated rings. The number of methoxy groups -OCH3 is 9. The van der Waals surface area contributed by atoms with E-state index in [2.05, 4.69) is 32.6 Å². The smallest absolute Gasteiger partial charge is 0.269 e. The normalized spacial score (nSPS) is 10.2. The summed E-state index contributed by atoms with van der Waals surface area (Å²) in [6.07, 6.45) is 0. The average molecular weight is 835 g/mol. The van der Waals surface area contributed by atoms with Crippen LogP contribution in [0.2, 0.25) is 0 Å². The molecule has 0 spiro atoms. The first-order chi connectivity index (χ1) is 28.8. The molecule has 21 nitrogen and oxygen atoms in total. The second-order valence-electron chi connectivity index (χ2n) is 11.8. The molecule has 0 saturated heterocycles. The fourth-order valence-corrected chi connectivity index (χ4v) is 5.43. The van der Waals surface area contributed by atoms with Gasteiger partial charge in [-0.05, 0) is 54.6 Å². The van der Waals surface area contributed by atoms with Crippen LogP contribution in [0.5, 0.6) is 51.7 Å². The van der Waals surface area contributed by atoms with Crippen LogP contribution in [0.4, 0.5) is 0 Å². The van der Waals surface area contributed by atoms with E-state index in [4.69, 9.17) is 42.6 Å². The van der Waals surface area contributed by atoms with Gasteiger partial charge in [-0.3, -0.25) is 61.3 Å². The molecule has 4 aromatic rings. The molecule has 4 rings (SSSR count). The van der Waals surface area contributed by atoms with Crippen LogP contribution < -0.4 is 75.2 Å². The van der Waals surface area contributed by atoms with E-state index in [-0.39, 0.29) is 85.1 Å². The second kappa shape index (κ2) is 20.4. The van der Waals surface area contributed by atoms with Gasteiger partial charge in [-0.15, -0.1) is 0 Å². The van der Waals surface area contributed by atoms with Crippen LogP contribution in [0.1, 0.15) is 62.1 Å². The Morgan fingerprint density at radius 3 is 0.550 bits per heavy atom. The van der Waals surface area contributed by atoms with Gasteiger partial charge in [0.25, 0.3) is 35.4 Å². The highest BCUT2D eigenvalue weighted by Gasteiger charge is 2.23. The Hall–Kier alpha value is -8.10. The van der Waals surface area contributed by atoms with Gasteiger partial charge in [0, 0.05) is 33.4 Å². The van der Waals surface area contributed by atoms with Crippen molar-refractivity contribution >= 4 is 35.4 Å². The Morgan fingerprint density at radius 2 is 0.417 bits per heavy atom. The van der Waals surface area contributed by atoms with Crippen molar-refractivity contribution in [1.29, 1.82) is 0 Å². The largest absolute Gasteiger partial charge is 0.493 e. The van der Waals surface area contributed by atoms with Crippen LogP contribution in [-0.2, 0) is 0 Å². The monoisotopic (exact) mass is 834 g/mol. The number of nitrogens with one attached hydrogen (secondary N) is 6. The summed E-state index contributed by atoms with van der Waals surface area (Å²) in [5, 5.41) is 0. The van der Waals surface area contributed by atoms with Gasteiger partial charge in [0.1, 0.15) is 0 Å². The average Bonchev–Trinajstić information content (AvgIpc) is 3.29. The van der Waals surface area contributed by atoms with E-state index in [9.17, 15) is 28.8 Å². The minimum atomic E-state index is -0.984. The molecule has 0 aromatic heterocycles. The first-order valence-corrected chi connectivity index (χ1v) is 17.2. The number of carbonyl (C=O) groups excluding carboxylic acids is 6. The molecular weight excluding hydrogens is 792 g/mol. The number of carbonyl (C=O) groups is 6. The van der Waals surface area contributed by atoms with Crippen molar-refractivity contribution in [1.82, 2.24) is 32.6 Å². The van der Waals surface area contributed by atoms with Crippen molar-refractivity contribution in [2.45, 2.75) is 0 Å². The predicted octanol–water partition coefficient (Wildman–Crippen LogP) is 1.99. The molecule has 0 bridgehead atoms. The zero-order chi connectivity index (χ0) is 44.1. The standard InChI is InChI=1S/C39H42N6O15/c1-52-25-13-22(14-26(53-2)31(25)58-7)37(49)43-40-34(46)19-10-20(35(47)41-44-38(50)23-15-27(54-3)32(59-8)28(16-23)55-4)12-21(11-19)36(48)42-45-39(51)24-17-29(56-5)33(60-9)30(18-24)57-6/h10-18H,1-9H3,(H,40,46)(H,41,47)(H,42,48)(H,43,49)(H,44,50)(H,45,51). The first-order valence-electron chi connectivity index (χ1n) is 17.2. The molecule has 0 saturated carbocycles. The summed E-state index contributed by atoms with van der Waals surface area (Å²) in [7, 11) is 12.3. The summed E-state index contributed by atoms with van der Waals surface area (Å²) in [6.45, 7) is 0. The van der Waals surface area contributed by atoms with E-state index < -0.39 is 35.4 Å². The Bertz CT molecular complexity index is 1960. The fourth-order valence-electron chi connectivity index (χ4n) is 5.43. The summed E-state index contributed by atoms with van der Waals surface area (Å²) in [6, 6.07) is 11.3. The van der Waals surface area contributed by atoms with Crippen molar-refractivity contribution < 1.29 is 71.4 Å². The maximum Gasteiger partial charge on any atom is 0.269 e. The Labute approximate surface area is 342 Å². The lowest BCUT2D eigenvalue weighted by molar-refractivity contribution is 0.0837. The van der Waals surface area contributed by atoms with Gasteiger partial charge in [-0.25, -0.2) is 0 Å². The molecule has 0 aliphatic carbocycles. The third-order valence-electron chi connectivity index (χ3n) is 8.37. The minimum absolute atomic E-state index is 0.00341. The van der Waals surface area contributed by atoms with Gasteiger partial charge in [0.15, 0.2) is 34.5 Å². The van der Waals surface area contributed by atoms with Crippen molar-refractivity contribution in [2.75, 3.05) is 64.0 Å². The number of benzene rings is 4. The SMILES string of the molecule is COc1cc(C(=O)NNC(=O)c2cc(C(=O)NNC(=O)c3cc(OC)c(OC)c(OC)c3)cc(C(=O)NNC(=O)c3cc(OC)c(OC)c(OC)c3)c2)cc(OC)c1OC. The summed E-state index contributed by atoms with van der Waals surface area (Å²) in [5.74, 6) is -3.72. The number of hydrazine groups is 3. The van der Waals surface area contributed by atoms with E-state index in [1.54, 1.807) is 0 Å². The molecule has 6 N–H and O–H groups in total. The molecule has 21 heteroatoms. The van der Waals surface area contributed by atoms with Gasteiger partial charge in [-0.1, -0.05) is 0 Å². The third kappa shape index (κ3) is 10.1. The number of ether oxygens (including phenoxy) is 9. The molecule has 6 amide bonds. The quantitative estimate of drug-likeness (QED) is 0.0937. The van der Waals surface area contributed by atoms with E-state index >= 15 is 0 Å². The van der Waals surface area contributed by atoms with E-state index in [1.807, 2.05) is 0 Å². The van der Waals surface area contributed by atoms with Crippen LogP contribution >= 0.6 is 0 Å². The molecule has 318 valence electrons. The number of amides is 6. The van der Waals surface area contributed by atoms with Crippen LogP contribution in [0.25, 0.3) is 0 Å². The summed E-state index contributed by atoms with van der Waals surface area (Å²) in [4.78, 5) is 79.7. The van der Waals surface area contributed by atoms with Crippen molar-refractivity contribution in [3.05, 3.63) is 88.0 Å². The van der Waals surface area contributed by atoms with E-state index in [1.165, 1.54) is 100 Å². The van der Waals surface area contributed by atoms with Crippen LogP contribution in [-0.4, -0.2) is 99.4 Å². The lowest BCUT2D eigenvalue weighted by Gasteiger charge is -2.15. The summed E-state index contributed by atoms with van der Waals surface area (Å²) < 4.78 is 47.5. The Morgan fingerprint density at radius 1 is 0.267 bits per heavy atom. The molecule has 0 radical (unpaired) electrons. The third-order valence-corrected chi connectivity index (χ3v) is 8.37. The van der Waals surface area contributed by atoms with Crippen molar-refractivity contribution in [3.8, 4) is 51.7 Å². The molecule has 4 aromatic carbocycles. The molecule has 60 heavy (non-hydrogen) atoms. The highest BCUT2D eigenvalue weighted by atomic mass is 16.5. The Kier molecular flexibility index (Phi) is 15.1. The van der Waals surface area contributed by atoms with E-state index in [0.717, 1.165) is 18.2 Å². The lowest BCUT2D eigenvalue weighted by Crippen LogP contribution is -2.43. The maximum atomic E-state index is 13.5. The summed E-state index contributed by atoms with van der Waals surface area (Å²) >= 11 is 0. The van der Waals surface area contributed by atoms with Gasteiger partial charge < -0.3 is 42.6 Å². The van der Waals surface area contributed by atoms with E-state index in [0.29, 0.717) is 0 Å². The molecule has 0 heterocycles. The highest BCUT2D eigenvalue weighted by Crippen LogP contribution is 2.40.